The van der Waals surface area contributed by atoms with E-state index in [0.717, 1.165) is 42.1 Å². The highest BCUT2D eigenvalue weighted by atomic mass is 35.5. The van der Waals surface area contributed by atoms with Crippen LogP contribution in [0.4, 0.5) is 0 Å². The van der Waals surface area contributed by atoms with E-state index in [4.69, 9.17) is 11.6 Å². The molecule has 0 amide bonds. The molecule has 1 heterocycles. The zero-order valence-electron chi connectivity index (χ0n) is 10.8. The van der Waals surface area contributed by atoms with E-state index in [1.807, 2.05) is 14.0 Å². The first kappa shape index (κ1) is 12.9. The Bertz CT molecular complexity index is 384. The van der Waals surface area contributed by atoms with Gasteiger partial charge in [-0.1, -0.05) is 11.6 Å². The Kier molecular flexibility index (Phi) is 4.07. The van der Waals surface area contributed by atoms with Gasteiger partial charge in [0.15, 0.2) is 0 Å². The predicted molar refractivity (Wildman–Crippen MR) is 70.3 cm³/mol. The molecular formula is C12H21ClN4. The summed E-state index contributed by atoms with van der Waals surface area (Å²) < 4.78 is 1.74. The Morgan fingerprint density at radius 3 is 2.76 bits per heavy atom. The molecule has 0 bridgehead atoms. The molecule has 5 heteroatoms. The lowest BCUT2D eigenvalue weighted by Crippen LogP contribution is -2.30. The zero-order valence-corrected chi connectivity index (χ0v) is 11.6. The molecule has 0 aliphatic heterocycles. The van der Waals surface area contributed by atoms with Crippen LogP contribution in [-0.2, 0) is 13.6 Å². The average Bonchev–Trinajstić information content (AvgIpc) is 3.04. The number of aryl methyl sites for hydroxylation is 2. The lowest BCUT2D eigenvalue weighted by atomic mass is 10.2. The van der Waals surface area contributed by atoms with Gasteiger partial charge in [-0.05, 0) is 26.8 Å². The Hall–Kier alpha value is -0.580. The standard InChI is InChI=1S/C12H21ClN4/c1-9-11(12(13)17(3)15-9)8-16(2)7-6-14-10-4-5-10/h10,14H,4-8H2,1-3H3. The fourth-order valence-electron chi connectivity index (χ4n) is 1.95. The quantitative estimate of drug-likeness (QED) is 0.839. The minimum atomic E-state index is 0.754. The Balaban J connectivity index is 1.81. The maximum atomic E-state index is 6.21. The van der Waals surface area contributed by atoms with Crippen LogP contribution >= 0.6 is 11.6 Å². The van der Waals surface area contributed by atoms with Gasteiger partial charge in [0.2, 0.25) is 0 Å². The van der Waals surface area contributed by atoms with E-state index in [9.17, 15) is 0 Å². The minimum absolute atomic E-state index is 0.754. The molecule has 1 aliphatic carbocycles. The Morgan fingerprint density at radius 1 is 1.53 bits per heavy atom. The van der Waals surface area contributed by atoms with Crippen LogP contribution in [0.15, 0.2) is 0 Å². The van der Waals surface area contributed by atoms with Crippen LogP contribution in [0.2, 0.25) is 5.15 Å². The van der Waals surface area contributed by atoms with Gasteiger partial charge in [-0.2, -0.15) is 5.10 Å². The average molecular weight is 257 g/mol. The van der Waals surface area contributed by atoms with Gasteiger partial charge in [0.1, 0.15) is 5.15 Å². The van der Waals surface area contributed by atoms with Crippen molar-refractivity contribution in [1.82, 2.24) is 20.0 Å². The first-order chi connectivity index (χ1) is 8.08. The first-order valence-electron chi connectivity index (χ1n) is 6.18. The minimum Gasteiger partial charge on any atom is -0.313 e. The number of aromatic nitrogens is 2. The number of halogens is 1. The van der Waals surface area contributed by atoms with E-state index >= 15 is 0 Å². The number of nitrogens with one attached hydrogen (secondary N) is 1. The van der Waals surface area contributed by atoms with E-state index in [2.05, 4.69) is 22.4 Å². The van der Waals surface area contributed by atoms with Crippen LogP contribution < -0.4 is 5.32 Å². The van der Waals surface area contributed by atoms with Crippen LogP contribution in [0.3, 0.4) is 0 Å². The number of nitrogens with zero attached hydrogens (tertiary/aromatic N) is 3. The largest absolute Gasteiger partial charge is 0.313 e. The zero-order chi connectivity index (χ0) is 12.4. The predicted octanol–water partition coefficient (Wildman–Crippen LogP) is 1.57. The smallest absolute Gasteiger partial charge is 0.131 e. The molecular weight excluding hydrogens is 236 g/mol. The van der Waals surface area contributed by atoms with Gasteiger partial charge in [0, 0.05) is 38.3 Å². The van der Waals surface area contributed by atoms with Crippen molar-refractivity contribution in [2.24, 2.45) is 7.05 Å². The summed E-state index contributed by atoms with van der Waals surface area (Å²) in [6.07, 6.45) is 2.69. The van der Waals surface area contributed by atoms with Crippen molar-refractivity contribution in [2.45, 2.75) is 32.4 Å². The van der Waals surface area contributed by atoms with E-state index in [1.54, 1.807) is 4.68 Å². The van der Waals surface area contributed by atoms with E-state index in [1.165, 1.54) is 12.8 Å². The molecule has 0 unspecified atom stereocenters. The van der Waals surface area contributed by atoms with Crippen molar-refractivity contribution in [2.75, 3.05) is 20.1 Å². The highest BCUT2D eigenvalue weighted by Crippen LogP contribution is 2.20. The fourth-order valence-corrected chi connectivity index (χ4v) is 2.18. The van der Waals surface area contributed by atoms with Gasteiger partial charge < -0.3 is 10.2 Å². The van der Waals surface area contributed by atoms with Crippen molar-refractivity contribution in [3.05, 3.63) is 16.4 Å². The second kappa shape index (κ2) is 5.38. The monoisotopic (exact) mass is 256 g/mol. The number of hydrogen-bond acceptors (Lipinski definition) is 3. The van der Waals surface area contributed by atoms with Gasteiger partial charge in [0.05, 0.1) is 5.69 Å². The summed E-state index contributed by atoms with van der Waals surface area (Å²) in [5.41, 5.74) is 2.17. The summed E-state index contributed by atoms with van der Waals surface area (Å²) in [7, 11) is 4.00. The third-order valence-electron chi connectivity index (χ3n) is 3.20. The molecule has 17 heavy (non-hydrogen) atoms. The van der Waals surface area contributed by atoms with Gasteiger partial charge in [-0.25, -0.2) is 0 Å². The maximum Gasteiger partial charge on any atom is 0.131 e. The molecule has 1 aromatic rings. The third-order valence-corrected chi connectivity index (χ3v) is 3.67. The SMILES string of the molecule is Cc1nn(C)c(Cl)c1CN(C)CCNC1CC1. The van der Waals surface area contributed by atoms with E-state index in [-0.39, 0.29) is 0 Å². The van der Waals surface area contributed by atoms with Crippen molar-refractivity contribution in [3.8, 4) is 0 Å². The normalized spacial score (nSPS) is 15.8. The molecule has 96 valence electrons. The lowest BCUT2D eigenvalue weighted by Gasteiger charge is -2.16. The third kappa shape index (κ3) is 3.44. The van der Waals surface area contributed by atoms with Gasteiger partial charge in [0.25, 0.3) is 0 Å². The lowest BCUT2D eigenvalue weighted by molar-refractivity contribution is 0.323. The molecule has 0 radical (unpaired) electrons. The number of likely N-dealkylation sites (N-methyl/N-ethyl adjacent to an activating group) is 1. The molecule has 2 rings (SSSR count). The molecule has 1 saturated carbocycles. The van der Waals surface area contributed by atoms with Crippen molar-refractivity contribution >= 4 is 11.6 Å². The molecule has 1 fully saturated rings. The number of hydrogen-bond donors (Lipinski definition) is 1. The van der Waals surface area contributed by atoms with Crippen molar-refractivity contribution < 1.29 is 0 Å². The molecule has 1 N–H and O–H groups in total. The second-order valence-electron chi connectivity index (χ2n) is 4.94. The summed E-state index contributed by atoms with van der Waals surface area (Å²) >= 11 is 6.21. The van der Waals surface area contributed by atoms with Crippen LogP contribution in [0.25, 0.3) is 0 Å². The van der Waals surface area contributed by atoms with Gasteiger partial charge in [-0.3, -0.25) is 4.68 Å². The highest BCUT2D eigenvalue weighted by Gasteiger charge is 2.20. The van der Waals surface area contributed by atoms with Crippen LogP contribution in [0.1, 0.15) is 24.1 Å². The van der Waals surface area contributed by atoms with Crippen molar-refractivity contribution in [1.29, 1.82) is 0 Å². The molecule has 0 saturated heterocycles. The summed E-state index contributed by atoms with van der Waals surface area (Å²) in [5.74, 6) is 0. The molecule has 1 aromatic heterocycles. The Morgan fingerprint density at radius 2 is 2.24 bits per heavy atom. The fraction of sp³-hybridized carbons (Fsp3) is 0.750. The van der Waals surface area contributed by atoms with Crippen LogP contribution in [0.5, 0.6) is 0 Å². The van der Waals surface area contributed by atoms with Crippen LogP contribution in [0, 0.1) is 6.92 Å². The second-order valence-corrected chi connectivity index (χ2v) is 5.30. The maximum absolute atomic E-state index is 6.21. The summed E-state index contributed by atoms with van der Waals surface area (Å²) in [5, 5.41) is 8.59. The van der Waals surface area contributed by atoms with Gasteiger partial charge >= 0.3 is 0 Å². The van der Waals surface area contributed by atoms with E-state index in [0.29, 0.717) is 0 Å². The highest BCUT2D eigenvalue weighted by molar-refractivity contribution is 6.30. The van der Waals surface area contributed by atoms with E-state index < -0.39 is 0 Å². The molecule has 0 spiro atoms. The molecule has 4 nitrogen and oxygen atoms in total. The molecule has 0 aromatic carbocycles. The van der Waals surface area contributed by atoms with Crippen molar-refractivity contribution in [3.63, 3.8) is 0 Å². The van der Waals surface area contributed by atoms with Gasteiger partial charge in [-0.15, -0.1) is 0 Å². The van der Waals surface area contributed by atoms with Crippen LogP contribution in [-0.4, -0.2) is 40.9 Å². The number of rotatable bonds is 6. The summed E-state index contributed by atoms with van der Waals surface area (Å²) in [6, 6.07) is 0.784. The molecule has 0 atom stereocenters. The molecule has 1 aliphatic rings. The summed E-state index contributed by atoms with van der Waals surface area (Å²) in [4.78, 5) is 2.28. The topological polar surface area (TPSA) is 33.1 Å². The summed E-state index contributed by atoms with van der Waals surface area (Å²) in [6.45, 7) is 4.97. The Labute approximate surface area is 108 Å². The first-order valence-corrected chi connectivity index (χ1v) is 6.55.